The molecule has 0 atom stereocenters. The number of carbonyl (C=O) groups excluding carboxylic acids is 1. The topological polar surface area (TPSA) is 133 Å². The van der Waals surface area contributed by atoms with Crippen LogP contribution >= 0.6 is 0 Å². The minimum atomic E-state index is -0.519. The number of rotatable bonds is 3. The predicted molar refractivity (Wildman–Crippen MR) is 101 cm³/mol. The number of carbonyl (C=O) groups is 1. The molecule has 9 heteroatoms. The highest BCUT2D eigenvalue weighted by Gasteiger charge is 2.11. The van der Waals surface area contributed by atoms with E-state index in [1.54, 1.807) is 25.1 Å². The van der Waals surface area contributed by atoms with Gasteiger partial charge in [0, 0.05) is 17.8 Å². The molecule has 0 fully saturated rings. The number of aromatic nitrogens is 4. The standard InChI is InChI=1S/C18H15N5O4/c1-2-23-16(25)11-5-3-9(7-13(11)22-18(23)27)15(24)19-10-4-6-12-14(8-10)21-17(26)20-12/h3-8H,2H2,1H3,(H,19,24)(H,22,27)(H2,20,21,26). The fourth-order valence-electron chi connectivity index (χ4n) is 3.00. The van der Waals surface area contributed by atoms with Crippen LogP contribution in [0.15, 0.2) is 50.8 Å². The van der Waals surface area contributed by atoms with E-state index in [0.29, 0.717) is 27.6 Å². The molecule has 0 aliphatic rings. The first-order valence-corrected chi connectivity index (χ1v) is 8.26. The van der Waals surface area contributed by atoms with Crippen LogP contribution in [0, 0.1) is 0 Å². The zero-order chi connectivity index (χ0) is 19.1. The molecule has 2 aromatic carbocycles. The summed E-state index contributed by atoms with van der Waals surface area (Å²) in [5.74, 6) is -0.408. The van der Waals surface area contributed by atoms with Gasteiger partial charge in [0.25, 0.3) is 11.5 Å². The van der Waals surface area contributed by atoms with Crippen LogP contribution in [0.4, 0.5) is 5.69 Å². The number of amides is 1. The predicted octanol–water partition coefficient (Wildman–Crippen LogP) is 1.13. The fourth-order valence-corrected chi connectivity index (χ4v) is 3.00. The Bertz CT molecular complexity index is 1370. The molecule has 4 N–H and O–H groups in total. The maximum Gasteiger partial charge on any atom is 0.328 e. The Morgan fingerprint density at radius 2 is 1.74 bits per heavy atom. The number of benzene rings is 2. The van der Waals surface area contributed by atoms with Crippen molar-refractivity contribution >= 4 is 33.5 Å². The SMILES string of the molecule is CCn1c(=O)[nH]c2cc(C(=O)Nc3ccc4[nH]c(=O)[nH]c4c3)ccc2c1=O. The van der Waals surface area contributed by atoms with E-state index in [4.69, 9.17) is 0 Å². The number of nitrogens with zero attached hydrogens (tertiary/aromatic N) is 1. The molecule has 0 bridgehead atoms. The molecule has 0 aliphatic heterocycles. The molecule has 4 rings (SSSR count). The van der Waals surface area contributed by atoms with Crippen molar-refractivity contribution in [2.45, 2.75) is 13.5 Å². The number of imidazole rings is 1. The van der Waals surface area contributed by atoms with Gasteiger partial charge in [-0.05, 0) is 43.3 Å². The molecule has 27 heavy (non-hydrogen) atoms. The molecule has 0 saturated carbocycles. The molecule has 0 saturated heterocycles. The van der Waals surface area contributed by atoms with E-state index >= 15 is 0 Å². The van der Waals surface area contributed by atoms with Crippen LogP contribution in [0.1, 0.15) is 17.3 Å². The quantitative estimate of drug-likeness (QED) is 0.433. The number of hydrogen-bond acceptors (Lipinski definition) is 4. The maximum atomic E-state index is 12.5. The number of aromatic amines is 3. The van der Waals surface area contributed by atoms with Gasteiger partial charge in [-0.25, -0.2) is 9.59 Å². The van der Waals surface area contributed by atoms with Gasteiger partial charge in [-0.2, -0.15) is 0 Å². The Morgan fingerprint density at radius 1 is 0.963 bits per heavy atom. The van der Waals surface area contributed by atoms with Crippen molar-refractivity contribution in [2.75, 3.05) is 5.32 Å². The highest BCUT2D eigenvalue weighted by atomic mass is 16.2. The van der Waals surface area contributed by atoms with Crippen LogP contribution in [0.2, 0.25) is 0 Å². The van der Waals surface area contributed by atoms with Crippen molar-refractivity contribution in [1.82, 2.24) is 19.5 Å². The van der Waals surface area contributed by atoms with E-state index in [9.17, 15) is 19.2 Å². The van der Waals surface area contributed by atoms with Crippen molar-refractivity contribution < 1.29 is 4.79 Å². The average Bonchev–Trinajstić information content (AvgIpc) is 3.00. The molecular formula is C18H15N5O4. The summed E-state index contributed by atoms with van der Waals surface area (Å²) in [6, 6.07) is 9.47. The van der Waals surface area contributed by atoms with E-state index in [1.165, 1.54) is 18.2 Å². The molecule has 0 spiro atoms. The number of hydrogen-bond donors (Lipinski definition) is 4. The molecule has 136 valence electrons. The fraction of sp³-hybridized carbons (Fsp3) is 0.111. The number of fused-ring (bicyclic) bond motifs is 2. The first-order chi connectivity index (χ1) is 13.0. The number of nitrogens with one attached hydrogen (secondary N) is 4. The van der Waals surface area contributed by atoms with Gasteiger partial charge in [-0.15, -0.1) is 0 Å². The monoisotopic (exact) mass is 365 g/mol. The molecular weight excluding hydrogens is 350 g/mol. The summed E-state index contributed by atoms with van der Waals surface area (Å²) in [7, 11) is 0. The lowest BCUT2D eigenvalue weighted by atomic mass is 10.1. The van der Waals surface area contributed by atoms with Crippen molar-refractivity contribution in [3.63, 3.8) is 0 Å². The van der Waals surface area contributed by atoms with Gasteiger partial charge in [0.15, 0.2) is 0 Å². The highest BCUT2D eigenvalue weighted by molar-refractivity contribution is 6.06. The largest absolute Gasteiger partial charge is 0.328 e. The second kappa shape index (κ2) is 6.13. The van der Waals surface area contributed by atoms with Crippen LogP contribution in [0.25, 0.3) is 21.9 Å². The number of H-pyrrole nitrogens is 3. The Labute approximate surface area is 150 Å². The average molecular weight is 365 g/mol. The maximum absolute atomic E-state index is 12.5. The third kappa shape index (κ3) is 2.84. The summed E-state index contributed by atoms with van der Waals surface area (Å²) >= 11 is 0. The summed E-state index contributed by atoms with van der Waals surface area (Å²) in [5.41, 5.74) is 1.04. The Morgan fingerprint density at radius 3 is 2.52 bits per heavy atom. The van der Waals surface area contributed by atoms with Gasteiger partial charge in [0.1, 0.15) is 0 Å². The lowest BCUT2D eigenvalue weighted by molar-refractivity contribution is 0.102. The first-order valence-electron chi connectivity index (χ1n) is 8.26. The number of anilines is 1. The third-order valence-corrected chi connectivity index (χ3v) is 4.33. The third-order valence-electron chi connectivity index (χ3n) is 4.33. The normalized spacial score (nSPS) is 11.1. The van der Waals surface area contributed by atoms with Crippen LogP contribution in [0.5, 0.6) is 0 Å². The van der Waals surface area contributed by atoms with E-state index in [1.807, 2.05) is 0 Å². The van der Waals surface area contributed by atoms with Gasteiger partial charge < -0.3 is 20.3 Å². The minimum absolute atomic E-state index is 0.260. The Hall–Kier alpha value is -3.88. The van der Waals surface area contributed by atoms with Gasteiger partial charge in [0.2, 0.25) is 0 Å². The van der Waals surface area contributed by atoms with Crippen molar-refractivity contribution in [2.24, 2.45) is 0 Å². The lowest BCUT2D eigenvalue weighted by Gasteiger charge is -2.07. The smallest absolute Gasteiger partial charge is 0.322 e. The van der Waals surface area contributed by atoms with Gasteiger partial charge in [0.05, 0.1) is 21.9 Å². The molecule has 4 aromatic rings. The van der Waals surface area contributed by atoms with E-state index < -0.39 is 17.2 Å². The zero-order valence-electron chi connectivity index (χ0n) is 14.3. The second-order valence-corrected chi connectivity index (χ2v) is 6.03. The summed E-state index contributed by atoms with van der Waals surface area (Å²) in [4.78, 5) is 55.9. The summed E-state index contributed by atoms with van der Waals surface area (Å²) in [5, 5.41) is 3.06. The summed E-state index contributed by atoms with van der Waals surface area (Å²) in [6.45, 7) is 1.97. The zero-order valence-corrected chi connectivity index (χ0v) is 14.3. The second-order valence-electron chi connectivity index (χ2n) is 6.03. The highest BCUT2D eigenvalue weighted by Crippen LogP contribution is 2.16. The minimum Gasteiger partial charge on any atom is -0.322 e. The molecule has 1 amide bonds. The van der Waals surface area contributed by atoms with Crippen LogP contribution < -0.4 is 22.3 Å². The van der Waals surface area contributed by atoms with Gasteiger partial charge in [-0.3, -0.25) is 14.2 Å². The summed E-state index contributed by atoms with van der Waals surface area (Å²) in [6.07, 6.45) is 0. The Balaban J connectivity index is 1.70. The van der Waals surface area contributed by atoms with Crippen molar-refractivity contribution in [3.8, 4) is 0 Å². The van der Waals surface area contributed by atoms with Gasteiger partial charge >= 0.3 is 11.4 Å². The van der Waals surface area contributed by atoms with E-state index in [0.717, 1.165) is 4.57 Å². The van der Waals surface area contributed by atoms with Crippen LogP contribution in [-0.4, -0.2) is 25.4 Å². The molecule has 2 heterocycles. The molecule has 9 nitrogen and oxygen atoms in total. The summed E-state index contributed by atoms with van der Waals surface area (Å²) < 4.78 is 1.09. The van der Waals surface area contributed by atoms with Crippen molar-refractivity contribution in [1.29, 1.82) is 0 Å². The molecule has 2 aromatic heterocycles. The molecule has 0 aliphatic carbocycles. The van der Waals surface area contributed by atoms with E-state index in [2.05, 4.69) is 20.3 Å². The van der Waals surface area contributed by atoms with Crippen LogP contribution in [0.3, 0.4) is 0 Å². The van der Waals surface area contributed by atoms with E-state index in [-0.39, 0.29) is 17.8 Å². The molecule has 0 unspecified atom stereocenters. The first kappa shape index (κ1) is 16.6. The lowest BCUT2D eigenvalue weighted by Crippen LogP contribution is -2.34. The Kier molecular flexibility index (Phi) is 3.76. The van der Waals surface area contributed by atoms with Crippen LogP contribution in [-0.2, 0) is 6.54 Å². The molecule has 0 radical (unpaired) electrons. The van der Waals surface area contributed by atoms with Crippen molar-refractivity contribution in [3.05, 3.63) is 73.3 Å². The van der Waals surface area contributed by atoms with Gasteiger partial charge in [-0.1, -0.05) is 0 Å².